The summed E-state index contributed by atoms with van der Waals surface area (Å²) in [5, 5.41) is 0. The summed E-state index contributed by atoms with van der Waals surface area (Å²) >= 11 is 0. The summed E-state index contributed by atoms with van der Waals surface area (Å²) in [6.45, 7) is 3.40. The molecule has 0 heterocycles. The van der Waals surface area contributed by atoms with Crippen LogP contribution in [0.1, 0.15) is 6.42 Å². The van der Waals surface area contributed by atoms with Crippen molar-refractivity contribution in [2.24, 2.45) is 0 Å². The first-order valence-electron chi connectivity index (χ1n) is 2.32. The van der Waals surface area contributed by atoms with Gasteiger partial charge in [-0.3, -0.25) is 4.79 Å². The predicted molar refractivity (Wildman–Crippen MR) is 31.1 cm³/mol. The summed E-state index contributed by atoms with van der Waals surface area (Å²) in [6.07, 6.45) is 3.53. The molecule has 0 N–H and O–H groups in total. The van der Waals surface area contributed by atoms with Gasteiger partial charge >= 0.3 is 0 Å². The van der Waals surface area contributed by atoms with Gasteiger partial charge in [0.1, 0.15) is 0 Å². The Hall–Kier alpha value is -1.92. The van der Waals surface area contributed by atoms with Crippen molar-refractivity contribution in [3.8, 4) is 0 Å². The van der Waals surface area contributed by atoms with Gasteiger partial charge in [0, 0.05) is 0 Å². The van der Waals surface area contributed by atoms with Crippen LogP contribution in [0.4, 0.5) is 0 Å². The van der Waals surface area contributed by atoms with Crippen molar-refractivity contribution in [1.82, 2.24) is 0 Å². The Bertz CT molecular complexity index is 99.2. The number of hydrogen-bond acceptors (Lipinski definition) is 2. The SMILES string of the molecule is [CH2-]/C=C/CC(=O)OC.[Rf]. The van der Waals surface area contributed by atoms with Crippen molar-refractivity contribution < 1.29 is 9.53 Å². The summed E-state index contributed by atoms with van der Waals surface area (Å²) in [6, 6.07) is 0. The summed E-state index contributed by atoms with van der Waals surface area (Å²) < 4.78 is 4.33. The Labute approximate surface area is 49.1 Å². The summed E-state index contributed by atoms with van der Waals surface area (Å²) in [7, 11) is 1.36. The standard InChI is InChI=1S/C6H9O2.Rf/c1-3-4-5-6(7)8-2;/h3-4H,1,5H2,2H3;/q-1;/b4-3+;. The fraction of sp³-hybridized carbons (Fsp3) is 0.333. The molecule has 0 saturated heterocycles. The molecule has 0 rings (SSSR count). The first-order chi connectivity index (χ1) is 3.81. The summed E-state index contributed by atoms with van der Waals surface area (Å²) in [4.78, 5) is 10.3. The van der Waals surface area contributed by atoms with Gasteiger partial charge in [-0.05, 0) is 6.42 Å². The van der Waals surface area contributed by atoms with E-state index >= 15 is 0 Å². The third-order valence-electron chi connectivity index (χ3n) is 0.679. The molecular weight excluding hydrogens is 371 g/mol. The molecule has 0 aromatic rings. The molecule has 48 valence electrons. The molecule has 0 saturated carbocycles. The van der Waals surface area contributed by atoms with E-state index in [-0.39, 0.29) is 5.97 Å². The van der Waals surface area contributed by atoms with Crippen molar-refractivity contribution in [3.63, 3.8) is 0 Å². The minimum Gasteiger partial charge on any atom is -0.470 e. The minimum absolute atomic E-state index is 0. The molecule has 0 spiro atoms. The number of ether oxygens (including phenoxy) is 1. The van der Waals surface area contributed by atoms with E-state index in [1.807, 2.05) is 0 Å². The van der Waals surface area contributed by atoms with Crippen LogP contribution >= 0.6 is 0 Å². The van der Waals surface area contributed by atoms with Crippen LogP contribution in [0.2, 0.25) is 0 Å². The minimum atomic E-state index is -0.232. The van der Waals surface area contributed by atoms with E-state index < -0.39 is 0 Å². The second-order valence-corrected chi connectivity index (χ2v) is 1.25. The van der Waals surface area contributed by atoms with Crippen molar-refractivity contribution in [3.05, 3.63) is 19.1 Å². The van der Waals surface area contributed by atoms with E-state index in [9.17, 15) is 4.79 Å². The van der Waals surface area contributed by atoms with E-state index in [0.29, 0.717) is 6.42 Å². The number of allylic oxidation sites excluding steroid dienone is 1. The van der Waals surface area contributed by atoms with Crippen LogP contribution in [-0.2, 0) is 9.53 Å². The van der Waals surface area contributed by atoms with Gasteiger partial charge < -0.3 is 4.74 Å². The van der Waals surface area contributed by atoms with Gasteiger partial charge in [-0.15, -0.1) is 0 Å². The number of carbonyl (C=O) groups excluding carboxylic acids is 1. The molecule has 0 aromatic heterocycles. The van der Waals surface area contributed by atoms with Crippen LogP contribution in [0.5, 0.6) is 0 Å². The average molecular weight is 380 g/mol. The maximum absolute atomic E-state index is 10.3. The quantitative estimate of drug-likeness (QED) is 0.527. The third kappa shape index (κ3) is 6.08. The van der Waals surface area contributed by atoms with Crippen molar-refractivity contribution in [2.45, 2.75) is 6.42 Å². The van der Waals surface area contributed by atoms with Crippen molar-refractivity contribution in [2.75, 3.05) is 7.11 Å². The summed E-state index contributed by atoms with van der Waals surface area (Å²) in [5.74, 6) is -0.232. The Morgan fingerprint density at radius 3 is 2.67 bits per heavy atom. The fourth-order valence-electron chi connectivity index (χ4n) is 0.263. The molecule has 0 aliphatic rings. The van der Waals surface area contributed by atoms with Crippen LogP contribution in [-0.4, -0.2) is 13.1 Å². The van der Waals surface area contributed by atoms with Gasteiger partial charge in [0.15, 0.2) is 0 Å². The second-order valence-electron chi connectivity index (χ2n) is 1.25. The predicted octanol–water partition coefficient (Wildman–Crippen LogP) is 0.940. The normalized spacial score (nSPS) is 8.56. The number of rotatable bonds is 2. The Balaban J connectivity index is 0. The molecule has 0 fully saturated rings. The van der Waals surface area contributed by atoms with Gasteiger partial charge in [-0.1, -0.05) is 0 Å². The number of methoxy groups -OCH3 is 1. The fourth-order valence-corrected chi connectivity index (χ4v) is 0.263. The second kappa shape index (κ2) is 6.08. The largest absolute Gasteiger partial charge is 0.470 e. The van der Waals surface area contributed by atoms with Gasteiger partial charge in [0.2, 0.25) is 0 Å². The van der Waals surface area contributed by atoms with Crippen molar-refractivity contribution >= 4 is 5.97 Å². The number of hydrogen-bond donors (Lipinski definition) is 0. The van der Waals surface area contributed by atoms with E-state index in [0.717, 1.165) is 0 Å². The van der Waals surface area contributed by atoms with Crippen LogP contribution in [0.3, 0.4) is 0 Å². The van der Waals surface area contributed by atoms with Gasteiger partial charge in [-0.25, -0.2) is 19.1 Å². The monoisotopic (exact) mass is 380 g/mol. The molecule has 0 aromatic carbocycles. The van der Waals surface area contributed by atoms with Crippen LogP contribution in [0.15, 0.2) is 12.2 Å². The zero-order valence-corrected chi connectivity index (χ0v) is 12.0. The molecule has 0 aliphatic carbocycles. The molecule has 0 aliphatic heterocycles. The number of esters is 1. The smallest absolute Gasteiger partial charge is 0.292 e. The molecule has 9 heavy (non-hydrogen) atoms. The summed E-state index contributed by atoms with van der Waals surface area (Å²) in [5.41, 5.74) is 0. The van der Waals surface area contributed by atoms with E-state index in [2.05, 4.69) is 11.7 Å². The van der Waals surface area contributed by atoms with Crippen LogP contribution in [0, 0.1) is 6.92 Å². The van der Waals surface area contributed by atoms with Crippen molar-refractivity contribution in [1.29, 1.82) is 0 Å². The molecule has 0 unspecified atom stereocenters. The average Bonchev–Trinajstić information content (AvgIpc) is 1.83. The van der Waals surface area contributed by atoms with Gasteiger partial charge in [0.05, 0.1) is 7.11 Å². The molecule has 0 atom stereocenters. The Morgan fingerprint density at radius 1 is 1.78 bits per heavy atom. The number of carbonyl (C=O) groups is 1. The molecule has 0 radical (unpaired) electrons. The van der Waals surface area contributed by atoms with E-state index in [4.69, 9.17) is 0 Å². The third-order valence-corrected chi connectivity index (χ3v) is 0.679. The maximum Gasteiger partial charge on any atom is 0.292 e. The Kier molecular flexibility index (Phi) is 6.85. The molecule has 0 amide bonds. The van der Waals surface area contributed by atoms with Crippen LogP contribution in [0.25, 0.3) is 0 Å². The van der Waals surface area contributed by atoms with Crippen LogP contribution < -0.4 is 0 Å². The molecule has 2 nitrogen and oxygen atoms in total. The first kappa shape index (κ1) is 10.1. The van der Waals surface area contributed by atoms with Gasteiger partial charge in [-0.2, -0.15) is 0 Å². The molecular formula is C6H9O2Rf-. The molecule has 0 bridgehead atoms. The van der Waals surface area contributed by atoms with E-state index in [1.165, 1.54) is 7.11 Å². The zero-order chi connectivity index (χ0) is 6.41. The molecule has 3 heteroatoms. The Morgan fingerprint density at radius 2 is 2.33 bits per heavy atom. The maximum atomic E-state index is 10.3. The first-order valence-corrected chi connectivity index (χ1v) is 2.32. The zero-order valence-electron chi connectivity index (χ0n) is 5.59. The van der Waals surface area contributed by atoms with E-state index in [1.54, 1.807) is 12.2 Å². The van der Waals surface area contributed by atoms with Gasteiger partial charge in [0.25, 0.3) is 5.97 Å². The topological polar surface area (TPSA) is 26.3 Å².